The molecule has 1 fully saturated rings. The third kappa shape index (κ3) is 2.57. The summed E-state index contributed by atoms with van der Waals surface area (Å²) in [6.07, 6.45) is 1.27. The zero-order valence-electron chi connectivity index (χ0n) is 7.79. The average Bonchev–Trinajstić information content (AvgIpc) is 2.34. The molecule has 1 rings (SSSR count). The van der Waals surface area contributed by atoms with Crippen LogP contribution in [0.1, 0.15) is 26.7 Å². The van der Waals surface area contributed by atoms with Crippen molar-refractivity contribution in [2.45, 2.75) is 38.8 Å². The summed E-state index contributed by atoms with van der Waals surface area (Å²) in [7, 11) is 0. The Balaban J connectivity index is 2.32. The fourth-order valence-electron chi connectivity index (χ4n) is 1.71. The number of carbonyl (C=O) groups excluding carboxylic acids is 1. The molecule has 1 heterocycles. The summed E-state index contributed by atoms with van der Waals surface area (Å²) in [5.41, 5.74) is 0. The number of rotatable bonds is 3. The fraction of sp³-hybridized carbons (Fsp3) is 0.889. The highest BCUT2D eigenvalue weighted by Crippen LogP contribution is 2.14. The number of nitrogens with zero attached hydrogens (tertiary/aromatic N) is 1. The van der Waals surface area contributed by atoms with E-state index in [4.69, 9.17) is 0 Å². The van der Waals surface area contributed by atoms with Crippen LogP contribution in [0.25, 0.3) is 0 Å². The van der Waals surface area contributed by atoms with Gasteiger partial charge in [0.05, 0.1) is 6.10 Å². The Bertz CT molecular complexity index is 170. The maximum absolute atomic E-state index is 10.8. The molecule has 0 saturated carbocycles. The van der Waals surface area contributed by atoms with E-state index in [-0.39, 0.29) is 11.9 Å². The van der Waals surface area contributed by atoms with Gasteiger partial charge >= 0.3 is 0 Å². The van der Waals surface area contributed by atoms with Crippen LogP contribution in [-0.4, -0.2) is 41.0 Å². The molecule has 70 valence electrons. The molecule has 1 saturated heterocycles. The highest BCUT2D eigenvalue weighted by atomic mass is 16.3. The van der Waals surface area contributed by atoms with Crippen LogP contribution in [0, 0.1) is 0 Å². The first-order valence-corrected chi connectivity index (χ1v) is 4.51. The van der Waals surface area contributed by atoms with Gasteiger partial charge in [0.1, 0.15) is 5.78 Å². The van der Waals surface area contributed by atoms with Gasteiger partial charge in [-0.15, -0.1) is 0 Å². The third-order valence-electron chi connectivity index (χ3n) is 2.40. The summed E-state index contributed by atoms with van der Waals surface area (Å²) >= 11 is 0. The van der Waals surface area contributed by atoms with Crippen LogP contribution in [0.15, 0.2) is 0 Å². The second kappa shape index (κ2) is 4.01. The molecular weight excluding hydrogens is 154 g/mol. The Labute approximate surface area is 73.4 Å². The predicted octanol–water partition coefficient (Wildman–Crippen LogP) is 0.421. The summed E-state index contributed by atoms with van der Waals surface area (Å²) < 4.78 is 0. The van der Waals surface area contributed by atoms with Crippen LogP contribution >= 0.6 is 0 Å². The largest absolute Gasteiger partial charge is 0.392 e. The molecule has 0 aromatic rings. The summed E-state index contributed by atoms with van der Waals surface area (Å²) in [6.45, 7) is 5.31. The van der Waals surface area contributed by atoms with Gasteiger partial charge in [-0.25, -0.2) is 0 Å². The number of carbonyl (C=O) groups is 1. The van der Waals surface area contributed by atoms with Crippen molar-refractivity contribution in [1.29, 1.82) is 0 Å². The lowest BCUT2D eigenvalue weighted by molar-refractivity contribution is -0.118. The monoisotopic (exact) mass is 171 g/mol. The molecular formula is C9H17NO2. The SMILES string of the molecule is CC(=O)CC(C)N1CCC(O)C1. The van der Waals surface area contributed by atoms with E-state index in [1.54, 1.807) is 6.92 Å². The Hall–Kier alpha value is -0.410. The second-order valence-corrected chi connectivity index (χ2v) is 3.69. The molecule has 3 nitrogen and oxygen atoms in total. The Morgan fingerprint density at radius 3 is 2.83 bits per heavy atom. The van der Waals surface area contributed by atoms with Crippen molar-refractivity contribution in [2.24, 2.45) is 0 Å². The number of β-amino-alcohol motifs (C(OH)–C–C–N with tert-alkyl or cyclic N) is 1. The standard InChI is InChI=1S/C9H17NO2/c1-7(5-8(2)11)10-4-3-9(12)6-10/h7,9,12H,3-6H2,1-2H3. The van der Waals surface area contributed by atoms with Gasteiger partial charge in [0, 0.05) is 25.6 Å². The topological polar surface area (TPSA) is 40.5 Å². The molecule has 12 heavy (non-hydrogen) atoms. The first kappa shape index (κ1) is 9.68. The minimum atomic E-state index is -0.181. The number of Topliss-reactive ketones (excluding diaryl/α,β-unsaturated/α-hetero) is 1. The summed E-state index contributed by atoms with van der Waals surface area (Å²) in [6, 6.07) is 0.291. The molecule has 0 aliphatic carbocycles. The maximum Gasteiger partial charge on any atom is 0.131 e. The van der Waals surface area contributed by atoms with E-state index in [1.165, 1.54) is 0 Å². The number of aliphatic hydroxyl groups is 1. The zero-order valence-corrected chi connectivity index (χ0v) is 7.79. The zero-order chi connectivity index (χ0) is 9.14. The van der Waals surface area contributed by atoms with E-state index < -0.39 is 0 Å². The second-order valence-electron chi connectivity index (χ2n) is 3.69. The van der Waals surface area contributed by atoms with E-state index in [0.717, 1.165) is 19.5 Å². The van der Waals surface area contributed by atoms with Crippen LogP contribution in [0.3, 0.4) is 0 Å². The smallest absolute Gasteiger partial charge is 0.131 e. The van der Waals surface area contributed by atoms with Gasteiger partial charge in [-0.3, -0.25) is 9.69 Å². The van der Waals surface area contributed by atoms with Crippen molar-refractivity contribution in [3.63, 3.8) is 0 Å². The van der Waals surface area contributed by atoms with Crippen LogP contribution in [-0.2, 0) is 4.79 Å². The van der Waals surface area contributed by atoms with Gasteiger partial charge in [0.25, 0.3) is 0 Å². The Kier molecular flexibility index (Phi) is 3.23. The first-order chi connectivity index (χ1) is 5.59. The van der Waals surface area contributed by atoms with E-state index in [2.05, 4.69) is 4.90 Å². The van der Waals surface area contributed by atoms with Gasteiger partial charge in [0.2, 0.25) is 0 Å². The normalized spacial score (nSPS) is 27.4. The van der Waals surface area contributed by atoms with Crippen LogP contribution in [0.2, 0.25) is 0 Å². The molecule has 2 unspecified atom stereocenters. The van der Waals surface area contributed by atoms with Crippen LogP contribution in [0.5, 0.6) is 0 Å². The van der Waals surface area contributed by atoms with E-state index in [9.17, 15) is 9.90 Å². The third-order valence-corrected chi connectivity index (χ3v) is 2.40. The maximum atomic E-state index is 10.8. The number of ketones is 1. The number of aliphatic hydroxyl groups excluding tert-OH is 1. The molecule has 0 radical (unpaired) electrons. The van der Waals surface area contributed by atoms with E-state index in [0.29, 0.717) is 12.5 Å². The van der Waals surface area contributed by atoms with Gasteiger partial charge in [0.15, 0.2) is 0 Å². The predicted molar refractivity (Wildman–Crippen MR) is 47.0 cm³/mol. The lowest BCUT2D eigenvalue weighted by Crippen LogP contribution is -2.33. The van der Waals surface area contributed by atoms with E-state index in [1.807, 2.05) is 6.92 Å². The number of hydrogen-bond acceptors (Lipinski definition) is 3. The fourth-order valence-corrected chi connectivity index (χ4v) is 1.71. The molecule has 0 aromatic heterocycles. The minimum absolute atomic E-state index is 0.181. The summed E-state index contributed by atoms with van der Waals surface area (Å²) in [4.78, 5) is 13.0. The van der Waals surface area contributed by atoms with Crippen LogP contribution < -0.4 is 0 Å². The van der Waals surface area contributed by atoms with E-state index >= 15 is 0 Å². The molecule has 1 aliphatic rings. The van der Waals surface area contributed by atoms with Gasteiger partial charge in [-0.1, -0.05) is 0 Å². The van der Waals surface area contributed by atoms with Crippen molar-refractivity contribution < 1.29 is 9.90 Å². The molecule has 1 N–H and O–H groups in total. The molecule has 0 bridgehead atoms. The quantitative estimate of drug-likeness (QED) is 0.669. The highest BCUT2D eigenvalue weighted by molar-refractivity contribution is 5.76. The van der Waals surface area contributed by atoms with Crippen molar-refractivity contribution in [1.82, 2.24) is 4.90 Å². The minimum Gasteiger partial charge on any atom is -0.392 e. The van der Waals surface area contributed by atoms with Gasteiger partial charge < -0.3 is 5.11 Å². The van der Waals surface area contributed by atoms with Crippen molar-refractivity contribution >= 4 is 5.78 Å². The number of hydrogen-bond donors (Lipinski definition) is 1. The highest BCUT2D eigenvalue weighted by Gasteiger charge is 2.24. The molecule has 3 heteroatoms. The molecule has 0 spiro atoms. The summed E-state index contributed by atoms with van der Waals surface area (Å²) in [5, 5.41) is 9.26. The first-order valence-electron chi connectivity index (χ1n) is 4.51. The molecule has 1 aliphatic heterocycles. The Morgan fingerprint density at radius 2 is 2.42 bits per heavy atom. The number of likely N-dealkylation sites (tertiary alicyclic amines) is 1. The van der Waals surface area contributed by atoms with Crippen LogP contribution in [0.4, 0.5) is 0 Å². The lowest BCUT2D eigenvalue weighted by Gasteiger charge is -2.22. The Morgan fingerprint density at radius 1 is 1.75 bits per heavy atom. The van der Waals surface area contributed by atoms with Crippen molar-refractivity contribution in [3.8, 4) is 0 Å². The molecule has 0 amide bonds. The molecule has 2 atom stereocenters. The van der Waals surface area contributed by atoms with Crippen molar-refractivity contribution in [3.05, 3.63) is 0 Å². The van der Waals surface area contributed by atoms with Gasteiger partial charge in [-0.2, -0.15) is 0 Å². The van der Waals surface area contributed by atoms with Crippen molar-refractivity contribution in [2.75, 3.05) is 13.1 Å². The molecule has 0 aromatic carbocycles. The average molecular weight is 171 g/mol. The lowest BCUT2D eigenvalue weighted by atomic mass is 10.1. The van der Waals surface area contributed by atoms with Gasteiger partial charge in [-0.05, 0) is 20.3 Å². The summed E-state index contributed by atoms with van der Waals surface area (Å²) in [5.74, 6) is 0.226.